The Morgan fingerprint density at radius 1 is 1.58 bits per heavy atom. The first-order valence-electron chi connectivity index (χ1n) is 6.73. The van der Waals surface area contributed by atoms with E-state index >= 15 is 0 Å². The molecule has 1 saturated heterocycles. The van der Waals surface area contributed by atoms with Gasteiger partial charge >= 0.3 is 0 Å². The van der Waals surface area contributed by atoms with Crippen LogP contribution in [0.5, 0.6) is 0 Å². The minimum absolute atomic E-state index is 0.197. The number of anilines is 1. The van der Waals surface area contributed by atoms with Gasteiger partial charge in [0.15, 0.2) is 0 Å². The minimum atomic E-state index is -0.312. The molecule has 1 aliphatic rings. The number of nitrogens with zero attached hydrogens (tertiary/aromatic N) is 1. The molecule has 0 radical (unpaired) electrons. The average molecular weight is 264 g/mol. The van der Waals surface area contributed by atoms with Crippen LogP contribution >= 0.6 is 0 Å². The summed E-state index contributed by atoms with van der Waals surface area (Å²) >= 11 is 0. The molecule has 0 bridgehead atoms. The predicted molar refractivity (Wildman–Crippen MR) is 74.5 cm³/mol. The summed E-state index contributed by atoms with van der Waals surface area (Å²) < 4.78 is 5.37. The Morgan fingerprint density at radius 3 is 2.95 bits per heavy atom. The van der Waals surface area contributed by atoms with Crippen molar-refractivity contribution < 1.29 is 9.66 Å². The van der Waals surface area contributed by atoms with Crippen molar-refractivity contribution in [1.82, 2.24) is 0 Å². The zero-order valence-electron chi connectivity index (χ0n) is 11.4. The SMILES string of the molecule is CCc1ccc(NC(C)C2CCOC2)cc1[N+](=O)[O-]. The number of nitro groups is 1. The van der Waals surface area contributed by atoms with E-state index in [4.69, 9.17) is 4.74 Å². The summed E-state index contributed by atoms with van der Waals surface area (Å²) in [5.41, 5.74) is 1.78. The van der Waals surface area contributed by atoms with Crippen molar-refractivity contribution in [2.45, 2.75) is 32.7 Å². The molecule has 19 heavy (non-hydrogen) atoms. The average Bonchev–Trinajstić information content (AvgIpc) is 2.92. The lowest BCUT2D eigenvalue weighted by Crippen LogP contribution is -2.26. The lowest BCUT2D eigenvalue weighted by Gasteiger charge is -2.20. The van der Waals surface area contributed by atoms with E-state index in [1.54, 1.807) is 6.07 Å². The molecule has 0 aromatic heterocycles. The zero-order chi connectivity index (χ0) is 13.8. The molecule has 0 aliphatic carbocycles. The highest BCUT2D eigenvalue weighted by molar-refractivity contribution is 5.55. The van der Waals surface area contributed by atoms with E-state index in [1.165, 1.54) is 0 Å². The Hall–Kier alpha value is -1.62. The molecule has 2 unspecified atom stereocenters. The van der Waals surface area contributed by atoms with E-state index < -0.39 is 0 Å². The summed E-state index contributed by atoms with van der Waals surface area (Å²) in [7, 11) is 0. The molecule has 2 rings (SSSR count). The van der Waals surface area contributed by atoms with Crippen molar-refractivity contribution in [1.29, 1.82) is 0 Å². The van der Waals surface area contributed by atoms with Crippen LogP contribution in [-0.4, -0.2) is 24.2 Å². The first kappa shape index (κ1) is 13.8. The third-order valence-electron chi connectivity index (χ3n) is 3.73. The van der Waals surface area contributed by atoms with Crippen LogP contribution in [0.1, 0.15) is 25.8 Å². The molecule has 1 aromatic rings. The van der Waals surface area contributed by atoms with Crippen LogP contribution in [0.25, 0.3) is 0 Å². The van der Waals surface area contributed by atoms with E-state index in [1.807, 2.05) is 19.1 Å². The molecule has 104 valence electrons. The summed E-state index contributed by atoms with van der Waals surface area (Å²) in [6, 6.07) is 5.64. The zero-order valence-corrected chi connectivity index (χ0v) is 11.4. The fourth-order valence-corrected chi connectivity index (χ4v) is 2.45. The van der Waals surface area contributed by atoms with Crippen molar-refractivity contribution in [3.63, 3.8) is 0 Å². The van der Waals surface area contributed by atoms with Gasteiger partial charge in [0.25, 0.3) is 5.69 Å². The van der Waals surface area contributed by atoms with Gasteiger partial charge in [-0.15, -0.1) is 0 Å². The Bertz CT molecular complexity index is 456. The summed E-state index contributed by atoms with van der Waals surface area (Å²) in [5, 5.41) is 14.4. The minimum Gasteiger partial charge on any atom is -0.382 e. The number of rotatable bonds is 5. The molecule has 1 aliphatic heterocycles. The largest absolute Gasteiger partial charge is 0.382 e. The van der Waals surface area contributed by atoms with Gasteiger partial charge in [-0.1, -0.05) is 13.0 Å². The van der Waals surface area contributed by atoms with E-state index in [9.17, 15) is 10.1 Å². The Balaban J connectivity index is 2.11. The monoisotopic (exact) mass is 264 g/mol. The van der Waals surface area contributed by atoms with Crippen LogP contribution in [0.4, 0.5) is 11.4 Å². The van der Waals surface area contributed by atoms with Crippen molar-refractivity contribution in [3.05, 3.63) is 33.9 Å². The second-order valence-corrected chi connectivity index (χ2v) is 5.01. The van der Waals surface area contributed by atoms with E-state index in [2.05, 4.69) is 12.2 Å². The van der Waals surface area contributed by atoms with Gasteiger partial charge in [-0.2, -0.15) is 0 Å². The van der Waals surface area contributed by atoms with Gasteiger partial charge < -0.3 is 10.1 Å². The predicted octanol–water partition coefficient (Wildman–Crippen LogP) is 2.99. The fraction of sp³-hybridized carbons (Fsp3) is 0.571. The van der Waals surface area contributed by atoms with Gasteiger partial charge in [0.2, 0.25) is 0 Å². The molecule has 5 heteroatoms. The van der Waals surface area contributed by atoms with E-state index in [0.717, 1.165) is 30.9 Å². The van der Waals surface area contributed by atoms with Crippen LogP contribution in [0.15, 0.2) is 18.2 Å². The first-order chi connectivity index (χ1) is 9.11. The molecular formula is C14H20N2O3. The molecule has 0 amide bonds. The first-order valence-corrected chi connectivity index (χ1v) is 6.73. The third-order valence-corrected chi connectivity index (χ3v) is 3.73. The van der Waals surface area contributed by atoms with Crippen molar-refractivity contribution in [3.8, 4) is 0 Å². The standard InChI is InChI=1S/C14H20N2O3/c1-3-11-4-5-13(8-14(11)16(17)18)15-10(2)12-6-7-19-9-12/h4-5,8,10,12,15H,3,6-7,9H2,1-2H3. The molecule has 1 fully saturated rings. The van der Waals surface area contributed by atoms with Crippen LogP contribution in [-0.2, 0) is 11.2 Å². The molecule has 1 N–H and O–H groups in total. The molecular weight excluding hydrogens is 244 g/mol. The Morgan fingerprint density at radius 2 is 2.37 bits per heavy atom. The van der Waals surface area contributed by atoms with Gasteiger partial charge in [0, 0.05) is 35.9 Å². The molecule has 2 atom stereocenters. The molecule has 1 aromatic carbocycles. The van der Waals surface area contributed by atoms with Crippen molar-refractivity contribution >= 4 is 11.4 Å². The van der Waals surface area contributed by atoms with Crippen LogP contribution < -0.4 is 5.32 Å². The number of nitrogens with one attached hydrogen (secondary N) is 1. The van der Waals surface area contributed by atoms with E-state index in [-0.39, 0.29) is 16.7 Å². The molecule has 5 nitrogen and oxygen atoms in total. The normalized spacial score (nSPS) is 20.2. The van der Waals surface area contributed by atoms with Gasteiger partial charge in [-0.3, -0.25) is 10.1 Å². The van der Waals surface area contributed by atoms with Crippen molar-refractivity contribution in [2.75, 3.05) is 18.5 Å². The molecule has 0 saturated carbocycles. The number of aryl methyl sites for hydroxylation is 1. The summed E-state index contributed by atoms with van der Waals surface area (Å²) in [4.78, 5) is 10.7. The third kappa shape index (κ3) is 3.23. The number of benzene rings is 1. The molecule has 1 heterocycles. The summed E-state index contributed by atoms with van der Waals surface area (Å²) in [6.45, 7) is 5.60. The van der Waals surface area contributed by atoms with Gasteiger partial charge in [-0.05, 0) is 25.8 Å². The summed E-state index contributed by atoms with van der Waals surface area (Å²) in [6.07, 6.45) is 1.71. The van der Waals surface area contributed by atoms with Crippen LogP contribution in [0.3, 0.4) is 0 Å². The van der Waals surface area contributed by atoms with Crippen molar-refractivity contribution in [2.24, 2.45) is 5.92 Å². The van der Waals surface area contributed by atoms with Gasteiger partial charge in [0.05, 0.1) is 11.5 Å². The maximum atomic E-state index is 11.0. The Kier molecular flexibility index (Phi) is 4.37. The topological polar surface area (TPSA) is 64.4 Å². The van der Waals surface area contributed by atoms with Crippen LogP contribution in [0, 0.1) is 16.0 Å². The maximum absolute atomic E-state index is 11.0. The quantitative estimate of drug-likeness (QED) is 0.656. The van der Waals surface area contributed by atoms with E-state index in [0.29, 0.717) is 12.3 Å². The smallest absolute Gasteiger partial charge is 0.274 e. The lowest BCUT2D eigenvalue weighted by atomic mass is 10.00. The Labute approximate surface area is 113 Å². The summed E-state index contributed by atoms with van der Waals surface area (Å²) in [5.74, 6) is 0.477. The van der Waals surface area contributed by atoms with Crippen LogP contribution in [0.2, 0.25) is 0 Å². The number of nitro benzene ring substituents is 1. The fourth-order valence-electron chi connectivity index (χ4n) is 2.45. The number of hydrogen-bond acceptors (Lipinski definition) is 4. The van der Waals surface area contributed by atoms with Gasteiger partial charge in [0.1, 0.15) is 0 Å². The highest BCUT2D eigenvalue weighted by Gasteiger charge is 2.22. The number of hydrogen-bond donors (Lipinski definition) is 1. The van der Waals surface area contributed by atoms with Gasteiger partial charge in [-0.25, -0.2) is 0 Å². The second kappa shape index (κ2) is 6.02. The highest BCUT2D eigenvalue weighted by Crippen LogP contribution is 2.26. The second-order valence-electron chi connectivity index (χ2n) is 5.01. The number of ether oxygens (including phenoxy) is 1. The highest BCUT2D eigenvalue weighted by atomic mass is 16.6. The lowest BCUT2D eigenvalue weighted by molar-refractivity contribution is -0.385. The molecule has 0 spiro atoms. The maximum Gasteiger partial charge on any atom is 0.274 e.